The highest BCUT2D eigenvalue weighted by Gasteiger charge is 2.57. The molecule has 4 rings (SSSR count). The zero-order valence-electron chi connectivity index (χ0n) is 18.1. The van der Waals surface area contributed by atoms with E-state index in [1.54, 1.807) is 13.1 Å². The lowest BCUT2D eigenvalue weighted by molar-refractivity contribution is -0.150. The highest BCUT2D eigenvalue weighted by atomic mass is 16.3. The minimum absolute atomic E-state index is 0.0156. The van der Waals surface area contributed by atoms with Crippen LogP contribution in [0.1, 0.15) is 64.0 Å². The summed E-state index contributed by atoms with van der Waals surface area (Å²) in [7, 11) is 1.68. The Kier molecular flexibility index (Phi) is 4.91. The summed E-state index contributed by atoms with van der Waals surface area (Å²) in [6.45, 7) is 7.64. The van der Waals surface area contributed by atoms with Crippen LogP contribution in [0.5, 0.6) is 5.75 Å². The molecule has 2 N–H and O–H groups in total. The van der Waals surface area contributed by atoms with Gasteiger partial charge < -0.3 is 15.3 Å². The lowest BCUT2D eigenvalue weighted by Gasteiger charge is -2.61. The number of piperidine rings is 1. The Bertz CT molecular complexity index is 825. The minimum atomic E-state index is -0.0685. The summed E-state index contributed by atoms with van der Waals surface area (Å²) in [4.78, 5) is 27.6. The molecule has 0 spiro atoms. The number of carbonyl (C=O) groups is 2. The summed E-state index contributed by atoms with van der Waals surface area (Å²) in [5, 5.41) is 13.3. The molecule has 3 aliphatic rings. The summed E-state index contributed by atoms with van der Waals surface area (Å²) >= 11 is 0. The lowest BCUT2D eigenvalue weighted by Crippen LogP contribution is -2.65. The van der Waals surface area contributed by atoms with E-state index in [2.05, 4.69) is 37.1 Å². The normalized spacial score (nSPS) is 33.0. The average Bonchev–Trinajstić information content (AvgIpc) is 2.70. The van der Waals surface area contributed by atoms with Gasteiger partial charge in [0.1, 0.15) is 5.75 Å². The number of amides is 2. The van der Waals surface area contributed by atoms with Gasteiger partial charge in [-0.2, -0.15) is 0 Å². The molecule has 158 valence electrons. The predicted octanol–water partition coefficient (Wildman–Crippen LogP) is 3.39. The van der Waals surface area contributed by atoms with E-state index in [0.29, 0.717) is 12.2 Å². The number of aromatic hydroxyl groups is 1. The smallest absolute Gasteiger partial charge is 0.225 e. The number of fused-ring (bicyclic) bond motifs is 4. The second-order valence-electron chi connectivity index (χ2n) is 10.0. The van der Waals surface area contributed by atoms with Crippen LogP contribution in [0.4, 0.5) is 0 Å². The monoisotopic (exact) mass is 398 g/mol. The molecule has 5 nitrogen and oxygen atoms in total. The molecular weight excluding hydrogens is 364 g/mol. The summed E-state index contributed by atoms with van der Waals surface area (Å²) in [5.74, 6) is 0.768. The number of benzene rings is 1. The molecule has 2 bridgehead atoms. The van der Waals surface area contributed by atoms with Crippen LogP contribution in [0.3, 0.4) is 0 Å². The molecule has 0 radical (unpaired) electrons. The van der Waals surface area contributed by atoms with Crippen LogP contribution >= 0.6 is 0 Å². The molecule has 1 aromatic carbocycles. The third-order valence-corrected chi connectivity index (χ3v) is 8.60. The largest absolute Gasteiger partial charge is 0.508 e. The van der Waals surface area contributed by atoms with E-state index in [4.69, 9.17) is 0 Å². The molecule has 2 atom stereocenters. The molecule has 2 fully saturated rings. The Balaban J connectivity index is 1.58. The summed E-state index contributed by atoms with van der Waals surface area (Å²) in [5.41, 5.74) is 2.13. The first-order valence-electron chi connectivity index (χ1n) is 11.0. The Morgan fingerprint density at radius 1 is 1.10 bits per heavy atom. The number of nitrogens with zero attached hydrogens (tertiary/aromatic N) is 1. The van der Waals surface area contributed by atoms with Crippen molar-refractivity contribution in [3.8, 4) is 5.75 Å². The lowest BCUT2D eigenvalue weighted by atomic mass is 9.51. The Labute approximate surface area is 173 Å². The molecule has 2 amide bonds. The predicted molar refractivity (Wildman–Crippen MR) is 113 cm³/mol. The Hall–Kier alpha value is -2.04. The van der Waals surface area contributed by atoms with Crippen molar-refractivity contribution in [1.29, 1.82) is 0 Å². The fourth-order valence-electron chi connectivity index (χ4n) is 6.23. The molecular formula is C24H34N2O3. The minimum Gasteiger partial charge on any atom is -0.508 e. The first kappa shape index (κ1) is 20.2. The van der Waals surface area contributed by atoms with E-state index in [1.807, 2.05) is 6.07 Å². The second-order valence-corrected chi connectivity index (χ2v) is 10.0. The number of hydrogen-bond donors (Lipinski definition) is 2. The Morgan fingerprint density at radius 2 is 1.76 bits per heavy atom. The molecule has 5 heteroatoms. The second kappa shape index (κ2) is 7.03. The molecule has 1 aliphatic heterocycles. The number of carbonyl (C=O) groups excluding carboxylic acids is 2. The van der Waals surface area contributed by atoms with Crippen molar-refractivity contribution >= 4 is 11.8 Å². The number of phenolic OH excluding ortho intramolecular Hbond substituents is 1. The average molecular weight is 399 g/mol. The van der Waals surface area contributed by atoms with Crippen LogP contribution in [0.15, 0.2) is 18.2 Å². The molecule has 29 heavy (non-hydrogen) atoms. The fourth-order valence-corrected chi connectivity index (χ4v) is 6.23. The summed E-state index contributed by atoms with van der Waals surface area (Å²) < 4.78 is 0. The zero-order valence-corrected chi connectivity index (χ0v) is 18.1. The van der Waals surface area contributed by atoms with Crippen molar-refractivity contribution in [3.05, 3.63) is 29.3 Å². The molecule has 2 aliphatic carbocycles. The first-order chi connectivity index (χ1) is 13.7. The van der Waals surface area contributed by atoms with Crippen LogP contribution in [0.25, 0.3) is 0 Å². The van der Waals surface area contributed by atoms with E-state index in [-0.39, 0.29) is 40.5 Å². The van der Waals surface area contributed by atoms with Gasteiger partial charge in [-0.15, -0.1) is 0 Å². The third-order valence-electron chi connectivity index (χ3n) is 8.60. The topological polar surface area (TPSA) is 69.6 Å². The molecule has 1 heterocycles. The van der Waals surface area contributed by atoms with Gasteiger partial charge >= 0.3 is 0 Å². The van der Waals surface area contributed by atoms with E-state index < -0.39 is 0 Å². The van der Waals surface area contributed by atoms with Gasteiger partial charge in [-0.25, -0.2) is 0 Å². The van der Waals surface area contributed by atoms with Crippen molar-refractivity contribution in [1.82, 2.24) is 10.2 Å². The van der Waals surface area contributed by atoms with Gasteiger partial charge in [-0.1, -0.05) is 32.9 Å². The van der Waals surface area contributed by atoms with Gasteiger partial charge in [-0.3, -0.25) is 9.59 Å². The maximum absolute atomic E-state index is 13.6. The van der Waals surface area contributed by atoms with Gasteiger partial charge in [0.2, 0.25) is 11.8 Å². The van der Waals surface area contributed by atoms with Crippen molar-refractivity contribution < 1.29 is 14.7 Å². The third kappa shape index (κ3) is 2.96. The number of likely N-dealkylation sites (tertiary alicyclic amines) is 1. The van der Waals surface area contributed by atoms with Crippen LogP contribution in [0.2, 0.25) is 0 Å². The van der Waals surface area contributed by atoms with E-state index >= 15 is 0 Å². The standard InChI is InChI=1S/C24H34N2O3/c1-23(2)20-14-17-18(6-5-7-19(17)27)24(23,3)12-13-26(20)22(29)16-10-8-15(9-11-16)21(28)25-4/h5-7,15-16,20,27H,8-14H2,1-4H3,(H,25,28)/t15?,16?,20-,24+/m1/s1. The maximum Gasteiger partial charge on any atom is 0.225 e. The van der Waals surface area contributed by atoms with E-state index in [0.717, 1.165) is 44.2 Å². The summed E-state index contributed by atoms with van der Waals surface area (Å²) in [6, 6.07) is 5.96. The quantitative estimate of drug-likeness (QED) is 0.802. The van der Waals surface area contributed by atoms with Crippen molar-refractivity contribution in [3.63, 3.8) is 0 Å². The van der Waals surface area contributed by atoms with Crippen LogP contribution in [-0.4, -0.2) is 41.5 Å². The van der Waals surface area contributed by atoms with Crippen molar-refractivity contribution in [2.75, 3.05) is 13.6 Å². The Morgan fingerprint density at radius 3 is 2.41 bits per heavy atom. The molecule has 0 aromatic heterocycles. The first-order valence-corrected chi connectivity index (χ1v) is 11.0. The molecule has 0 unspecified atom stereocenters. The van der Waals surface area contributed by atoms with Crippen LogP contribution in [0, 0.1) is 17.3 Å². The highest BCUT2D eigenvalue weighted by Crippen LogP contribution is 2.57. The van der Waals surface area contributed by atoms with Gasteiger partial charge in [0.05, 0.1) is 0 Å². The van der Waals surface area contributed by atoms with Crippen molar-refractivity contribution in [2.24, 2.45) is 17.3 Å². The molecule has 1 aromatic rings. The number of hydrogen-bond acceptors (Lipinski definition) is 3. The van der Waals surface area contributed by atoms with Gasteiger partial charge in [-0.05, 0) is 61.1 Å². The molecule has 1 saturated carbocycles. The van der Waals surface area contributed by atoms with Gasteiger partial charge in [0.15, 0.2) is 0 Å². The maximum atomic E-state index is 13.6. The molecule has 1 saturated heterocycles. The zero-order chi connectivity index (χ0) is 21.0. The van der Waals surface area contributed by atoms with Crippen LogP contribution < -0.4 is 5.32 Å². The number of phenols is 1. The number of rotatable bonds is 2. The number of nitrogens with one attached hydrogen (secondary N) is 1. The summed E-state index contributed by atoms with van der Waals surface area (Å²) in [6.07, 6.45) is 4.79. The van der Waals surface area contributed by atoms with Gasteiger partial charge in [0, 0.05) is 36.9 Å². The SMILES string of the molecule is CNC(=O)C1CCC(C(=O)N2CC[C@@]3(C)c4cccc(O)c4C[C@@H]2C3(C)C)CC1. The highest BCUT2D eigenvalue weighted by molar-refractivity contribution is 5.81. The van der Waals surface area contributed by atoms with E-state index in [1.165, 1.54) is 5.56 Å². The van der Waals surface area contributed by atoms with Gasteiger partial charge in [0.25, 0.3) is 0 Å². The van der Waals surface area contributed by atoms with E-state index in [9.17, 15) is 14.7 Å². The fraction of sp³-hybridized carbons (Fsp3) is 0.667. The van der Waals surface area contributed by atoms with Crippen molar-refractivity contribution in [2.45, 2.75) is 70.8 Å². The van der Waals surface area contributed by atoms with Crippen LogP contribution in [-0.2, 0) is 21.4 Å².